The van der Waals surface area contributed by atoms with Crippen LogP contribution in [0.3, 0.4) is 0 Å². The summed E-state index contributed by atoms with van der Waals surface area (Å²) in [4.78, 5) is 15.8. The lowest BCUT2D eigenvalue weighted by Gasteiger charge is -2.31. The molecule has 3 nitrogen and oxygen atoms in total. The third-order valence-corrected chi connectivity index (χ3v) is 3.58. The Balaban J connectivity index is 1.99. The first-order chi connectivity index (χ1) is 8.54. The lowest BCUT2D eigenvalue weighted by Crippen LogP contribution is -2.28. The van der Waals surface area contributed by atoms with Gasteiger partial charge < -0.3 is 4.74 Å². The number of halogens is 1. The van der Waals surface area contributed by atoms with Crippen LogP contribution in [-0.4, -0.2) is 17.1 Å². The van der Waals surface area contributed by atoms with E-state index in [4.69, 9.17) is 16.3 Å². The highest BCUT2D eigenvalue weighted by Gasteiger charge is 2.27. The molecule has 0 radical (unpaired) electrons. The Labute approximate surface area is 113 Å². The van der Waals surface area contributed by atoms with Crippen LogP contribution in [0.15, 0.2) is 18.3 Å². The summed E-state index contributed by atoms with van der Waals surface area (Å²) in [6.07, 6.45) is 4.67. The third kappa shape index (κ3) is 3.45. The zero-order valence-corrected chi connectivity index (χ0v) is 11.5. The normalized spacial score (nSPS) is 27.8. The van der Waals surface area contributed by atoms with Gasteiger partial charge in [-0.2, -0.15) is 0 Å². The minimum atomic E-state index is -0.300. The number of pyridine rings is 1. The zero-order valence-electron chi connectivity index (χ0n) is 10.7. The molecule has 0 amide bonds. The molecule has 2 atom stereocenters. The van der Waals surface area contributed by atoms with E-state index in [2.05, 4.69) is 18.8 Å². The maximum absolute atomic E-state index is 12.0. The predicted octanol–water partition coefficient (Wildman–Crippen LogP) is 3.72. The van der Waals surface area contributed by atoms with E-state index in [-0.39, 0.29) is 12.1 Å². The van der Waals surface area contributed by atoms with E-state index in [1.165, 1.54) is 12.6 Å². The molecule has 1 aliphatic rings. The van der Waals surface area contributed by atoms with Gasteiger partial charge in [0.1, 0.15) is 11.3 Å². The molecule has 0 aliphatic heterocycles. The van der Waals surface area contributed by atoms with Gasteiger partial charge in [0.2, 0.25) is 0 Å². The second kappa shape index (κ2) is 5.70. The Morgan fingerprint density at radius 1 is 1.33 bits per heavy atom. The summed E-state index contributed by atoms with van der Waals surface area (Å²) in [6.45, 7) is 4.42. The first-order valence-corrected chi connectivity index (χ1v) is 6.75. The van der Waals surface area contributed by atoms with Gasteiger partial charge in [-0.15, -0.1) is 0 Å². The highest BCUT2D eigenvalue weighted by atomic mass is 35.5. The maximum atomic E-state index is 12.0. The van der Waals surface area contributed by atoms with Gasteiger partial charge in [0.15, 0.2) is 0 Å². The Hall–Kier alpha value is -1.09. The van der Waals surface area contributed by atoms with E-state index in [9.17, 15) is 4.79 Å². The highest BCUT2D eigenvalue weighted by Crippen LogP contribution is 2.30. The number of carbonyl (C=O) groups is 1. The lowest BCUT2D eigenvalue weighted by atomic mass is 9.82. The summed E-state index contributed by atoms with van der Waals surface area (Å²) in [7, 11) is 0. The molecule has 1 saturated carbocycles. The first kappa shape index (κ1) is 13.3. The third-order valence-electron chi connectivity index (χ3n) is 3.37. The molecule has 0 bridgehead atoms. The average molecular weight is 268 g/mol. The number of nitrogens with zero attached hydrogens (tertiary/aromatic N) is 1. The van der Waals surface area contributed by atoms with Crippen molar-refractivity contribution in [3.8, 4) is 0 Å². The number of ether oxygens (including phenoxy) is 1. The molecule has 1 aromatic heterocycles. The van der Waals surface area contributed by atoms with Gasteiger partial charge in [-0.1, -0.05) is 25.4 Å². The van der Waals surface area contributed by atoms with E-state index < -0.39 is 0 Å². The lowest BCUT2D eigenvalue weighted by molar-refractivity contribution is 0.00804. The molecule has 0 aromatic carbocycles. The Bertz CT molecular complexity index is 426. The summed E-state index contributed by atoms with van der Waals surface area (Å²) in [5, 5.41) is 0.315. The van der Waals surface area contributed by atoms with Crippen molar-refractivity contribution in [1.29, 1.82) is 0 Å². The number of esters is 1. The molecule has 2 rings (SSSR count). The average Bonchev–Trinajstić information content (AvgIpc) is 2.27. The van der Waals surface area contributed by atoms with Crippen molar-refractivity contribution < 1.29 is 9.53 Å². The Morgan fingerprint density at radius 3 is 2.61 bits per heavy atom. The standard InChI is InChI=1S/C14H18ClNO2/c1-9-5-10(2)7-12(6-9)18-14(17)11-3-4-16-13(15)8-11/h3-4,8-10,12H,5-7H2,1-2H3. The molecule has 0 spiro atoms. The van der Waals surface area contributed by atoms with Crippen LogP contribution in [0.1, 0.15) is 43.5 Å². The molecule has 0 N–H and O–H groups in total. The fourth-order valence-corrected chi connectivity index (χ4v) is 2.89. The van der Waals surface area contributed by atoms with Crippen molar-refractivity contribution in [1.82, 2.24) is 4.98 Å². The van der Waals surface area contributed by atoms with Crippen LogP contribution in [0, 0.1) is 11.8 Å². The van der Waals surface area contributed by atoms with Gasteiger partial charge in [-0.3, -0.25) is 0 Å². The molecule has 1 heterocycles. The van der Waals surface area contributed by atoms with Crippen LogP contribution < -0.4 is 0 Å². The van der Waals surface area contributed by atoms with Crippen molar-refractivity contribution in [3.05, 3.63) is 29.0 Å². The molecule has 18 heavy (non-hydrogen) atoms. The topological polar surface area (TPSA) is 39.2 Å². The summed E-state index contributed by atoms with van der Waals surface area (Å²) >= 11 is 5.76. The second-order valence-corrected chi connectivity index (χ2v) is 5.70. The van der Waals surface area contributed by atoms with Crippen LogP contribution in [-0.2, 0) is 4.74 Å². The van der Waals surface area contributed by atoms with E-state index in [1.54, 1.807) is 12.1 Å². The number of carbonyl (C=O) groups excluding carboxylic acids is 1. The highest BCUT2D eigenvalue weighted by molar-refractivity contribution is 6.29. The van der Waals surface area contributed by atoms with Gasteiger partial charge in [0.05, 0.1) is 5.56 Å². The SMILES string of the molecule is CC1CC(C)CC(OC(=O)c2ccnc(Cl)c2)C1. The van der Waals surface area contributed by atoms with E-state index in [1.807, 2.05) is 0 Å². The Kier molecular flexibility index (Phi) is 4.23. The predicted molar refractivity (Wildman–Crippen MR) is 70.6 cm³/mol. The fraction of sp³-hybridized carbons (Fsp3) is 0.571. The van der Waals surface area contributed by atoms with Crippen LogP contribution >= 0.6 is 11.6 Å². The summed E-state index contributed by atoms with van der Waals surface area (Å²) in [5.41, 5.74) is 0.473. The monoisotopic (exact) mass is 267 g/mol. The molecular weight excluding hydrogens is 250 g/mol. The zero-order chi connectivity index (χ0) is 13.1. The summed E-state index contributed by atoms with van der Waals surface area (Å²) in [6, 6.07) is 3.17. The van der Waals surface area contributed by atoms with Crippen molar-refractivity contribution in [3.63, 3.8) is 0 Å². The minimum absolute atomic E-state index is 0.0307. The van der Waals surface area contributed by atoms with Gasteiger partial charge in [-0.25, -0.2) is 9.78 Å². The largest absolute Gasteiger partial charge is 0.459 e. The van der Waals surface area contributed by atoms with Gasteiger partial charge >= 0.3 is 5.97 Å². The van der Waals surface area contributed by atoms with Gasteiger partial charge in [0.25, 0.3) is 0 Å². The van der Waals surface area contributed by atoms with Crippen LogP contribution in [0.25, 0.3) is 0 Å². The van der Waals surface area contributed by atoms with E-state index >= 15 is 0 Å². The van der Waals surface area contributed by atoms with Crippen LogP contribution in [0.5, 0.6) is 0 Å². The quantitative estimate of drug-likeness (QED) is 0.606. The molecule has 1 aromatic rings. The van der Waals surface area contributed by atoms with Crippen molar-refractivity contribution in [2.24, 2.45) is 11.8 Å². The summed E-state index contributed by atoms with van der Waals surface area (Å²) in [5.74, 6) is 0.936. The number of hydrogen-bond donors (Lipinski definition) is 0. The van der Waals surface area contributed by atoms with Crippen molar-refractivity contribution in [2.45, 2.75) is 39.2 Å². The number of hydrogen-bond acceptors (Lipinski definition) is 3. The molecule has 1 aliphatic carbocycles. The molecule has 0 saturated heterocycles. The maximum Gasteiger partial charge on any atom is 0.338 e. The molecule has 4 heteroatoms. The van der Waals surface area contributed by atoms with Crippen LogP contribution in [0.4, 0.5) is 0 Å². The number of rotatable bonds is 2. The molecule has 98 valence electrons. The van der Waals surface area contributed by atoms with Crippen LogP contribution in [0.2, 0.25) is 5.15 Å². The Morgan fingerprint density at radius 2 is 2.00 bits per heavy atom. The second-order valence-electron chi connectivity index (χ2n) is 5.31. The smallest absolute Gasteiger partial charge is 0.338 e. The summed E-state index contributed by atoms with van der Waals surface area (Å²) < 4.78 is 5.55. The van der Waals surface area contributed by atoms with E-state index in [0.29, 0.717) is 22.6 Å². The number of aromatic nitrogens is 1. The fourth-order valence-electron chi connectivity index (χ4n) is 2.72. The van der Waals surface area contributed by atoms with Crippen molar-refractivity contribution >= 4 is 17.6 Å². The van der Waals surface area contributed by atoms with Gasteiger partial charge in [0, 0.05) is 6.20 Å². The molecular formula is C14H18ClNO2. The molecule has 1 fully saturated rings. The van der Waals surface area contributed by atoms with Crippen molar-refractivity contribution in [2.75, 3.05) is 0 Å². The van der Waals surface area contributed by atoms with E-state index in [0.717, 1.165) is 12.8 Å². The minimum Gasteiger partial charge on any atom is -0.459 e. The first-order valence-electron chi connectivity index (χ1n) is 6.37. The van der Waals surface area contributed by atoms with Gasteiger partial charge in [-0.05, 0) is 43.2 Å². The molecule has 2 unspecified atom stereocenters.